The third kappa shape index (κ3) is 2.80. The van der Waals surface area contributed by atoms with E-state index in [-0.39, 0.29) is 11.4 Å². The number of fused-ring (bicyclic) bond motifs is 1. The van der Waals surface area contributed by atoms with Gasteiger partial charge in [-0.1, -0.05) is 18.2 Å². The van der Waals surface area contributed by atoms with Crippen LogP contribution in [0, 0.1) is 17.8 Å². The molecule has 26 heavy (non-hydrogen) atoms. The molecule has 4 saturated carbocycles. The van der Waals surface area contributed by atoms with Crippen LogP contribution in [0.3, 0.4) is 0 Å². The van der Waals surface area contributed by atoms with Crippen molar-refractivity contribution in [3.63, 3.8) is 0 Å². The van der Waals surface area contributed by atoms with Crippen LogP contribution in [0.4, 0.5) is 0 Å². The lowest BCUT2D eigenvalue weighted by Crippen LogP contribution is -2.59. The van der Waals surface area contributed by atoms with Gasteiger partial charge in [-0.05, 0) is 80.8 Å². The Morgan fingerprint density at radius 1 is 1.12 bits per heavy atom. The minimum Gasteiger partial charge on any atom is -0.428 e. The summed E-state index contributed by atoms with van der Waals surface area (Å²) in [6, 6.07) is 7.87. The second kappa shape index (κ2) is 6.04. The van der Waals surface area contributed by atoms with Crippen molar-refractivity contribution in [2.45, 2.75) is 63.3 Å². The molecule has 6 rings (SSSR count). The molecule has 2 N–H and O–H groups in total. The topological polar surface area (TPSA) is 54.3 Å². The molecule has 0 aliphatic heterocycles. The van der Waals surface area contributed by atoms with Gasteiger partial charge >= 0.3 is 0 Å². The van der Waals surface area contributed by atoms with Crippen molar-refractivity contribution in [2.75, 3.05) is 0 Å². The Bertz CT molecular complexity index is 802. The highest BCUT2D eigenvalue weighted by atomic mass is 16.5. The first-order chi connectivity index (χ1) is 12.6. The molecular weight excluding hydrogens is 324 g/mol. The third-order valence-electron chi connectivity index (χ3n) is 7.07. The zero-order valence-electron chi connectivity index (χ0n) is 15.3. The smallest absolute Gasteiger partial charge is 0.220 e. The van der Waals surface area contributed by atoms with E-state index in [0.717, 1.165) is 47.1 Å². The van der Waals surface area contributed by atoms with Crippen LogP contribution in [0.5, 0.6) is 0 Å². The fraction of sp³-hybridized carbons (Fsp3) is 0.591. The van der Waals surface area contributed by atoms with Crippen LogP contribution in [0.15, 0.2) is 30.5 Å². The summed E-state index contributed by atoms with van der Waals surface area (Å²) < 4.78 is 1.19. The number of hydrogen-bond donors (Lipinski definition) is 2. The number of aromatic nitrogens is 1. The molecule has 4 fully saturated rings. The first-order valence-electron chi connectivity index (χ1n) is 10.2. The number of nitrogens with one attached hydrogen (secondary N) is 1. The summed E-state index contributed by atoms with van der Waals surface area (Å²) in [4.78, 5) is 12.6. The van der Waals surface area contributed by atoms with Gasteiger partial charge in [0.15, 0.2) is 0 Å². The van der Waals surface area contributed by atoms with E-state index < -0.39 is 0 Å². The summed E-state index contributed by atoms with van der Waals surface area (Å²) in [5.74, 6) is 2.80. The number of carbonyl (C=O) groups excluding carboxylic acids is 1. The van der Waals surface area contributed by atoms with Gasteiger partial charge in [0, 0.05) is 23.5 Å². The lowest BCUT2D eigenvalue weighted by molar-refractivity contribution is -0.126. The second-order valence-electron chi connectivity index (χ2n) is 9.12. The minimum atomic E-state index is 0.118. The van der Waals surface area contributed by atoms with E-state index in [2.05, 4.69) is 5.32 Å². The molecule has 4 aliphatic rings. The zero-order valence-corrected chi connectivity index (χ0v) is 15.3. The fourth-order valence-corrected chi connectivity index (χ4v) is 6.49. The van der Waals surface area contributed by atoms with Crippen molar-refractivity contribution in [3.05, 3.63) is 36.0 Å². The Labute approximate surface area is 154 Å². The lowest BCUT2D eigenvalue weighted by atomic mass is 9.53. The van der Waals surface area contributed by atoms with Crippen LogP contribution in [0.1, 0.15) is 56.9 Å². The van der Waals surface area contributed by atoms with Gasteiger partial charge in [0.25, 0.3) is 0 Å². The van der Waals surface area contributed by atoms with E-state index in [4.69, 9.17) is 0 Å². The molecule has 1 aromatic heterocycles. The van der Waals surface area contributed by atoms with Crippen LogP contribution in [0.25, 0.3) is 10.9 Å². The molecule has 4 heteroatoms. The number of rotatable bonds is 5. The number of benzene rings is 1. The molecule has 1 aromatic carbocycles. The van der Waals surface area contributed by atoms with Gasteiger partial charge in [-0.15, -0.1) is 0 Å². The average Bonchev–Trinajstić information content (AvgIpc) is 2.90. The van der Waals surface area contributed by atoms with Crippen LogP contribution < -0.4 is 5.32 Å². The number of carbonyl (C=O) groups is 1. The molecular formula is C22H28N2O2. The normalized spacial score (nSPS) is 32.2. The molecule has 0 spiro atoms. The van der Waals surface area contributed by atoms with Crippen molar-refractivity contribution >= 4 is 16.8 Å². The molecule has 0 unspecified atom stereocenters. The summed E-state index contributed by atoms with van der Waals surface area (Å²) in [5, 5.41) is 14.5. The Hall–Kier alpha value is -1.97. The summed E-state index contributed by atoms with van der Waals surface area (Å²) in [5.41, 5.74) is 2.07. The van der Waals surface area contributed by atoms with Crippen molar-refractivity contribution in [1.82, 2.24) is 10.0 Å². The Kier molecular flexibility index (Phi) is 3.77. The predicted molar refractivity (Wildman–Crippen MR) is 101 cm³/mol. The Balaban J connectivity index is 1.19. The summed E-state index contributed by atoms with van der Waals surface area (Å²) in [6.07, 6.45) is 11.8. The van der Waals surface area contributed by atoms with E-state index in [1.165, 1.54) is 43.3 Å². The number of aryl methyl sites for hydroxylation is 1. The molecule has 1 heterocycles. The van der Waals surface area contributed by atoms with Crippen LogP contribution in [-0.4, -0.2) is 21.4 Å². The van der Waals surface area contributed by atoms with E-state index in [9.17, 15) is 10.0 Å². The maximum Gasteiger partial charge on any atom is 0.220 e. The summed E-state index contributed by atoms with van der Waals surface area (Å²) in [7, 11) is 0. The van der Waals surface area contributed by atoms with E-state index >= 15 is 0 Å². The van der Waals surface area contributed by atoms with Crippen molar-refractivity contribution in [1.29, 1.82) is 0 Å². The first-order valence-corrected chi connectivity index (χ1v) is 10.2. The third-order valence-corrected chi connectivity index (χ3v) is 7.07. The molecule has 1 amide bonds. The number of nitrogens with zero attached hydrogens (tertiary/aromatic N) is 1. The van der Waals surface area contributed by atoms with Gasteiger partial charge in [0.1, 0.15) is 0 Å². The van der Waals surface area contributed by atoms with Gasteiger partial charge in [-0.25, -0.2) is 0 Å². The van der Waals surface area contributed by atoms with Crippen molar-refractivity contribution in [3.8, 4) is 0 Å². The highest BCUT2D eigenvalue weighted by molar-refractivity contribution is 5.83. The number of para-hydroxylation sites is 1. The fourth-order valence-electron chi connectivity index (χ4n) is 6.49. The van der Waals surface area contributed by atoms with Crippen LogP contribution in [-0.2, 0) is 11.2 Å². The van der Waals surface area contributed by atoms with Crippen LogP contribution in [0.2, 0.25) is 0 Å². The summed E-state index contributed by atoms with van der Waals surface area (Å²) >= 11 is 0. The Morgan fingerprint density at radius 3 is 2.46 bits per heavy atom. The van der Waals surface area contributed by atoms with Gasteiger partial charge < -0.3 is 10.5 Å². The highest BCUT2D eigenvalue weighted by Crippen LogP contribution is 2.55. The molecule has 138 valence electrons. The molecule has 4 nitrogen and oxygen atoms in total. The van der Waals surface area contributed by atoms with Gasteiger partial charge in [-0.3, -0.25) is 4.79 Å². The quantitative estimate of drug-likeness (QED) is 0.789. The van der Waals surface area contributed by atoms with E-state index in [1.807, 2.05) is 24.3 Å². The Morgan fingerprint density at radius 2 is 1.77 bits per heavy atom. The van der Waals surface area contributed by atoms with Gasteiger partial charge in [0.2, 0.25) is 5.91 Å². The number of hydrogen-bond acceptors (Lipinski definition) is 2. The highest BCUT2D eigenvalue weighted by Gasteiger charge is 2.51. The molecule has 0 atom stereocenters. The zero-order chi connectivity index (χ0) is 17.7. The largest absolute Gasteiger partial charge is 0.428 e. The second-order valence-corrected chi connectivity index (χ2v) is 9.12. The number of amides is 1. The lowest BCUT2D eigenvalue weighted by Gasteiger charge is -2.56. The molecule has 4 aliphatic carbocycles. The average molecular weight is 352 g/mol. The first kappa shape index (κ1) is 16.2. The van der Waals surface area contributed by atoms with Crippen molar-refractivity contribution < 1.29 is 10.0 Å². The van der Waals surface area contributed by atoms with Crippen LogP contribution >= 0.6 is 0 Å². The molecule has 4 bridgehead atoms. The van der Waals surface area contributed by atoms with Crippen molar-refractivity contribution in [2.24, 2.45) is 17.8 Å². The molecule has 0 radical (unpaired) electrons. The summed E-state index contributed by atoms with van der Waals surface area (Å²) in [6.45, 7) is 0. The molecule has 2 aromatic rings. The maximum absolute atomic E-state index is 12.6. The van der Waals surface area contributed by atoms with Gasteiger partial charge in [-0.2, -0.15) is 4.73 Å². The predicted octanol–water partition coefficient (Wildman–Crippen LogP) is 4.29. The van der Waals surface area contributed by atoms with E-state index in [0.29, 0.717) is 6.42 Å². The SMILES string of the molecule is O=C(CCCc1cn(O)c2ccccc12)NC12CC3CC(CC(C3)C1)C2. The maximum atomic E-state index is 12.6. The van der Waals surface area contributed by atoms with E-state index in [1.54, 1.807) is 6.20 Å². The minimum absolute atomic E-state index is 0.118. The monoisotopic (exact) mass is 352 g/mol. The molecule has 0 saturated heterocycles. The van der Waals surface area contributed by atoms with Gasteiger partial charge in [0.05, 0.1) is 5.52 Å². The standard InChI is InChI=1S/C22H28N2O2/c25-21(23-22-11-15-8-16(12-22)10-17(9-15)13-22)7-3-4-18-14-24(26)20-6-2-1-5-19(18)20/h1-2,5-6,14-17,26H,3-4,7-13H2,(H,23,25).